The SMILES string of the molecule is I.NC(=S)NCc1ccc(Cl)cc1. The molecule has 0 bridgehead atoms. The van der Waals surface area contributed by atoms with Crippen LogP contribution in [0, 0.1) is 0 Å². The summed E-state index contributed by atoms with van der Waals surface area (Å²) in [5, 5.41) is 3.89. The highest BCUT2D eigenvalue weighted by atomic mass is 127. The molecule has 3 N–H and O–H groups in total. The molecule has 0 unspecified atom stereocenters. The number of hydrogen-bond acceptors (Lipinski definition) is 1. The molecule has 13 heavy (non-hydrogen) atoms. The highest BCUT2D eigenvalue weighted by Crippen LogP contribution is 2.08. The minimum Gasteiger partial charge on any atom is -0.376 e. The van der Waals surface area contributed by atoms with Crippen LogP contribution in [-0.4, -0.2) is 5.11 Å². The molecule has 0 spiro atoms. The summed E-state index contributed by atoms with van der Waals surface area (Å²) in [6.07, 6.45) is 0. The number of nitrogens with two attached hydrogens (primary N) is 1. The molecule has 0 saturated heterocycles. The summed E-state index contributed by atoms with van der Waals surface area (Å²) in [7, 11) is 0. The van der Waals surface area contributed by atoms with E-state index in [-0.39, 0.29) is 24.0 Å². The standard InChI is InChI=1S/C8H9ClN2S.HI/c9-7-3-1-6(2-4-7)5-11-8(10)12;/h1-4H,5H2,(H3,10,11,12);1H. The quantitative estimate of drug-likeness (QED) is 0.646. The lowest BCUT2D eigenvalue weighted by Gasteiger charge is -2.02. The van der Waals surface area contributed by atoms with Gasteiger partial charge in [0.2, 0.25) is 0 Å². The maximum absolute atomic E-state index is 5.70. The van der Waals surface area contributed by atoms with Crippen LogP contribution in [0.15, 0.2) is 24.3 Å². The smallest absolute Gasteiger partial charge is 0.163 e. The van der Waals surface area contributed by atoms with Gasteiger partial charge in [0.15, 0.2) is 5.11 Å². The fourth-order valence-corrected chi connectivity index (χ4v) is 0.990. The predicted octanol–water partition coefficient (Wildman–Crippen LogP) is 2.29. The Kier molecular flexibility index (Phi) is 6.36. The first-order chi connectivity index (χ1) is 5.68. The van der Waals surface area contributed by atoms with E-state index in [0.29, 0.717) is 11.7 Å². The van der Waals surface area contributed by atoms with E-state index in [1.54, 1.807) is 0 Å². The molecule has 1 rings (SSSR count). The molecule has 5 heteroatoms. The highest BCUT2D eigenvalue weighted by molar-refractivity contribution is 14.0. The Hall–Kier alpha value is -0.0700. The summed E-state index contributed by atoms with van der Waals surface area (Å²) >= 11 is 10.4. The van der Waals surface area contributed by atoms with E-state index in [0.717, 1.165) is 10.6 Å². The number of benzene rings is 1. The molecule has 1 aromatic carbocycles. The second kappa shape index (κ2) is 6.39. The van der Waals surface area contributed by atoms with Gasteiger partial charge in [0.1, 0.15) is 0 Å². The van der Waals surface area contributed by atoms with Crippen LogP contribution in [0.5, 0.6) is 0 Å². The molecule has 0 fully saturated rings. The third kappa shape index (κ3) is 5.28. The van der Waals surface area contributed by atoms with Gasteiger partial charge in [-0.15, -0.1) is 24.0 Å². The average molecular weight is 329 g/mol. The largest absolute Gasteiger partial charge is 0.376 e. The van der Waals surface area contributed by atoms with Gasteiger partial charge in [-0.05, 0) is 29.9 Å². The second-order valence-corrected chi connectivity index (χ2v) is 3.22. The molecule has 0 heterocycles. The van der Waals surface area contributed by atoms with Gasteiger partial charge >= 0.3 is 0 Å². The Bertz CT molecular complexity index is 276. The van der Waals surface area contributed by atoms with Crippen LogP contribution in [0.4, 0.5) is 0 Å². The molecule has 0 amide bonds. The van der Waals surface area contributed by atoms with Gasteiger partial charge in [-0.2, -0.15) is 0 Å². The van der Waals surface area contributed by atoms with Gasteiger partial charge < -0.3 is 11.1 Å². The first-order valence-electron chi connectivity index (χ1n) is 3.46. The van der Waals surface area contributed by atoms with Crippen molar-refractivity contribution < 1.29 is 0 Å². The Balaban J connectivity index is 0.00000144. The topological polar surface area (TPSA) is 38.0 Å². The first-order valence-corrected chi connectivity index (χ1v) is 4.25. The molecule has 0 aliphatic heterocycles. The van der Waals surface area contributed by atoms with Crippen molar-refractivity contribution in [1.29, 1.82) is 0 Å². The van der Waals surface area contributed by atoms with Crippen LogP contribution in [0.3, 0.4) is 0 Å². The molecule has 0 atom stereocenters. The Morgan fingerprint density at radius 2 is 1.92 bits per heavy atom. The fourth-order valence-electron chi connectivity index (χ4n) is 0.791. The molecular formula is C8H10ClIN2S. The van der Waals surface area contributed by atoms with E-state index in [4.69, 9.17) is 17.3 Å². The Morgan fingerprint density at radius 3 is 2.38 bits per heavy atom. The Morgan fingerprint density at radius 1 is 1.38 bits per heavy atom. The molecule has 0 radical (unpaired) electrons. The van der Waals surface area contributed by atoms with Gasteiger partial charge in [-0.3, -0.25) is 0 Å². The van der Waals surface area contributed by atoms with Gasteiger partial charge in [-0.25, -0.2) is 0 Å². The average Bonchev–Trinajstić information content (AvgIpc) is 2.03. The lowest BCUT2D eigenvalue weighted by Crippen LogP contribution is -2.28. The lowest BCUT2D eigenvalue weighted by atomic mass is 10.2. The van der Waals surface area contributed by atoms with E-state index in [1.807, 2.05) is 24.3 Å². The monoisotopic (exact) mass is 328 g/mol. The van der Waals surface area contributed by atoms with Crippen LogP contribution in [0.1, 0.15) is 5.56 Å². The Labute approximate surface area is 105 Å². The van der Waals surface area contributed by atoms with Crippen LogP contribution in [0.25, 0.3) is 0 Å². The van der Waals surface area contributed by atoms with Crippen molar-refractivity contribution in [2.24, 2.45) is 5.73 Å². The van der Waals surface area contributed by atoms with E-state index in [2.05, 4.69) is 17.5 Å². The molecule has 0 saturated carbocycles. The summed E-state index contributed by atoms with van der Waals surface area (Å²) in [5.74, 6) is 0. The third-order valence-corrected chi connectivity index (χ3v) is 1.78. The molecule has 0 aliphatic rings. The van der Waals surface area contributed by atoms with Crippen molar-refractivity contribution in [2.45, 2.75) is 6.54 Å². The molecule has 0 aliphatic carbocycles. The zero-order valence-corrected chi connectivity index (χ0v) is 10.7. The summed E-state index contributed by atoms with van der Waals surface area (Å²) in [4.78, 5) is 0. The van der Waals surface area contributed by atoms with Gasteiger partial charge in [0.25, 0.3) is 0 Å². The maximum Gasteiger partial charge on any atom is 0.163 e. The number of halogens is 2. The predicted molar refractivity (Wildman–Crippen MR) is 70.5 cm³/mol. The zero-order valence-electron chi connectivity index (χ0n) is 6.79. The minimum atomic E-state index is 0. The van der Waals surface area contributed by atoms with Crippen LogP contribution >= 0.6 is 47.8 Å². The van der Waals surface area contributed by atoms with Gasteiger partial charge in [0, 0.05) is 11.6 Å². The maximum atomic E-state index is 5.70. The number of thiocarbonyl (C=S) groups is 1. The number of hydrogen-bond donors (Lipinski definition) is 2. The molecule has 72 valence electrons. The third-order valence-electron chi connectivity index (χ3n) is 1.38. The summed E-state index contributed by atoms with van der Waals surface area (Å²) in [6.45, 7) is 0.645. The second-order valence-electron chi connectivity index (χ2n) is 2.34. The van der Waals surface area contributed by atoms with Crippen molar-refractivity contribution >= 4 is 52.9 Å². The van der Waals surface area contributed by atoms with Crippen LogP contribution in [-0.2, 0) is 6.54 Å². The summed E-state index contributed by atoms with van der Waals surface area (Å²) in [5.41, 5.74) is 6.37. The fraction of sp³-hybridized carbons (Fsp3) is 0.125. The number of nitrogens with one attached hydrogen (secondary N) is 1. The summed E-state index contributed by atoms with van der Waals surface area (Å²) in [6, 6.07) is 7.51. The number of rotatable bonds is 2. The van der Waals surface area contributed by atoms with E-state index < -0.39 is 0 Å². The minimum absolute atomic E-state index is 0. The van der Waals surface area contributed by atoms with E-state index in [1.165, 1.54) is 0 Å². The van der Waals surface area contributed by atoms with Crippen molar-refractivity contribution in [3.63, 3.8) is 0 Å². The highest BCUT2D eigenvalue weighted by Gasteiger charge is 1.92. The summed E-state index contributed by atoms with van der Waals surface area (Å²) < 4.78 is 0. The van der Waals surface area contributed by atoms with Crippen LogP contribution < -0.4 is 11.1 Å². The molecule has 1 aromatic rings. The van der Waals surface area contributed by atoms with Crippen molar-refractivity contribution in [1.82, 2.24) is 5.32 Å². The first kappa shape index (κ1) is 12.9. The van der Waals surface area contributed by atoms with E-state index >= 15 is 0 Å². The molecule has 0 aromatic heterocycles. The molecule has 2 nitrogen and oxygen atoms in total. The normalized spacial score (nSPS) is 8.69. The molecular weight excluding hydrogens is 319 g/mol. The van der Waals surface area contributed by atoms with Crippen molar-refractivity contribution in [2.75, 3.05) is 0 Å². The van der Waals surface area contributed by atoms with Gasteiger partial charge in [0.05, 0.1) is 0 Å². The van der Waals surface area contributed by atoms with Crippen molar-refractivity contribution in [3.8, 4) is 0 Å². The van der Waals surface area contributed by atoms with Gasteiger partial charge in [-0.1, -0.05) is 23.7 Å². The van der Waals surface area contributed by atoms with Crippen molar-refractivity contribution in [3.05, 3.63) is 34.9 Å². The lowest BCUT2D eigenvalue weighted by molar-refractivity contribution is 0.920. The zero-order chi connectivity index (χ0) is 8.97. The van der Waals surface area contributed by atoms with E-state index in [9.17, 15) is 0 Å². The van der Waals surface area contributed by atoms with Crippen LogP contribution in [0.2, 0.25) is 5.02 Å².